The van der Waals surface area contributed by atoms with Crippen LogP contribution in [0.1, 0.15) is 10.4 Å². The highest BCUT2D eigenvalue weighted by atomic mass is 16.4. The molecule has 0 saturated carbocycles. The summed E-state index contributed by atoms with van der Waals surface area (Å²) in [5.41, 5.74) is 4.28. The van der Waals surface area contributed by atoms with Crippen molar-refractivity contribution < 1.29 is 14.7 Å². The zero-order valence-electron chi connectivity index (χ0n) is 8.18. The first-order valence-electron chi connectivity index (χ1n) is 4.30. The van der Waals surface area contributed by atoms with Crippen molar-refractivity contribution in [3.8, 4) is 6.07 Å². The van der Waals surface area contributed by atoms with Crippen molar-refractivity contribution >= 4 is 11.8 Å². The van der Waals surface area contributed by atoms with Gasteiger partial charge in [0.2, 0.25) is 5.78 Å². The molecule has 0 heterocycles. The highest BCUT2D eigenvalue weighted by Gasteiger charge is 2.18. The topological polar surface area (TPSA) is 104 Å². The summed E-state index contributed by atoms with van der Waals surface area (Å²) in [5.74, 6) is -2.18. The van der Waals surface area contributed by atoms with Gasteiger partial charge in [-0.05, 0) is 0 Å². The Morgan fingerprint density at radius 1 is 1.25 bits per heavy atom. The molecule has 0 saturated heterocycles. The quantitative estimate of drug-likeness (QED) is 0.439. The van der Waals surface area contributed by atoms with E-state index in [9.17, 15) is 9.59 Å². The summed E-state index contributed by atoms with van der Waals surface area (Å²) in [7, 11) is 0. The smallest absolute Gasteiger partial charge is 0.348 e. The predicted octanol–water partition coefficient (Wildman–Crippen LogP) is 0.690. The first-order chi connectivity index (χ1) is 7.57. The number of Topliss-reactive ketones (excluding diaryl/α,β-unsaturated/α-hetero) is 1. The number of aliphatic carboxylic acids is 1. The lowest BCUT2D eigenvalue weighted by Crippen LogP contribution is -2.17. The van der Waals surface area contributed by atoms with Gasteiger partial charge in [0, 0.05) is 5.56 Å². The van der Waals surface area contributed by atoms with Gasteiger partial charge < -0.3 is 10.8 Å². The van der Waals surface area contributed by atoms with Gasteiger partial charge in [0.05, 0.1) is 0 Å². The van der Waals surface area contributed by atoms with Gasteiger partial charge in [-0.25, -0.2) is 4.79 Å². The van der Waals surface area contributed by atoms with Crippen LogP contribution in [0.4, 0.5) is 0 Å². The second-order valence-corrected chi connectivity index (χ2v) is 2.90. The minimum absolute atomic E-state index is 0.244. The van der Waals surface area contributed by atoms with Gasteiger partial charge >= 0.3 is 5.97 Å². The minimum atomic E-state index is -1.51. The molecule has 80 valence electrons. The van der Waals surface area contributed by atoms with Crippen molar-refractivity contribution in [1.29, 1.82) is 5.26 Å². The van der Waals surface area contributed by atoms with Gasteiger partial charge in [0.25, 0.3) is 0 Å². The molecule has 0 aromatic heterocycles. The molecule has 0 unspecified atom stereocenters. The molecule has 0 atom stereocenters. The van der Waals surface area contributed by atoms with Crippen molar-refractivity contribution in [3.63, 3.8) is 0 Å². The number of carbonyl (C=O) groups is 2. The average Bonchev–Trinajstić information content (AvgIpc) is 2.29. The SMILES string of the molecule is N#C/C(C(=O)O)=C(/N)C(=O)c1ccccc1. The Labute approximate surface area is 91.4 Å². The molecule has 1 rings (SSSR count). The number of hydrogen-bond acceptors (Lipinski definition) is 4. The summed E-state index contributed by atoms with van der Waals surface area (Å²) >= 11 is 0. The zero-order valence-corrected chi connectivity index (χ0v) is 8.18. The van der Waals surface area contributed by atoms with Crippen LogP contribution in [-0.2, 0) is 4.79 Å². The molecule has 3 N–H and O–H groups in total. The Hall–Kier alpha value is -2.61. The van der Waals surface area contributed by atoms with Crippen LogP contribution in [0.25, 0.3) is 0 Å². The molecule has 0 bridgehead atoms. The van der Waals surface area contributed by atoms with E-state index in [1.807, 2.05) is 0 Å². The Morgan fingerprint density at radius 2 is 1.81 bits per heavy atom. The van der Waals surface area contributed by atoms with Gasteiger partial charge in [0.1, 0.15) is 11.8 Å². The molecule has 5 nitrogen and oxygen atoms in total. The molecule has 5 heteroatoms. The number of nitrogens with two attached hydrogens (primary N) is 1. The third-order valence-corrected chi connectivity index (χ3v) is 1.88. The summed E-state index contributed by atoms with van der Waals surface area (Å²) in [5, 5.41) is 17.2. The van der Waals surface area contributed by atoms with E-state index < -0.39 is 23.0 Å². The molecule has 0 aliphatic carbocycles. The van der Waals surface area contributed by atoms with Crippen LogP contribution in [-0.4, -0.2) is 16.9 Å². The number of carboxylic acid groups (broad SMARTS) is 1. The lowest BCUT2D eigenvalue weighted by molar-refractivity contribution is -0.132. The van der Waals surface area contributed by atoms with E-state index >= 15 is 0 Å². The third-order valence-electron chi connectivity index (χ3n) is 1.88. The van der Waals surface area contributed by atoms with Crippen molar-refractivity contribution in [2.24, 2.45) is 5.73 Å². The maximum absolute atomic E-state index is 11.7. The fourth-order valence-corrected chi connectivity index (χ4v) is 1.08. The number of ketones is 1. The normalized spacial score (nSPS) is 11.2. The van der Waals surface area contributed by atoms with E-state index in [1.54, 1.807) is 18.2 Å². The molecule has 0 aliphatic rings. The van der Waals surface area contributed by atoms with Gasteiger partial charge in [-0.2, -0.15) is 5.26 Å². The number of benzene rings is 1. The Kier molecular flexibility index (Phi) is 3.41. The molecule has 0 amide bonds. The molecule has 0 aliphatic heterocycles. The monoisotopic (exact) mass is 216 g/mol. The molecule has 0 spiro atoms. The van der Waals surface area contributed by atoms with Crippen molar-refractivity contribution in [3.05, 3.63) is 47.2 Å². The largest absolute Gasteiger partial charge is 0.477 e. The first-order valence-corrected chi connectivity index (χ1v) is 4.30. The number of nitrogens with zero attached hydrogens (tertiary/aromatic N) is 1. The van der Waals surface area contributed by atoms with E-state index in [2.05, 4.69) is 0 Å². The van der Waals surface area contributed by atoms with Gasteiger partial charge in [-0.1, -0.05) is 30.3 Å². The van der Waals surface area contributed by atoms with E-state index in [-0.39, 0.29) is 5.56 Å². The molecule has 1 aromatic carbocycles. The number of allylic oxidation sites excluding steroid dienone is 1. The van der Waals surface area contributed by atoms with Gasteiger partial charge in [-0.3, -0.25) is 4.79 Å². The summed E-state index contributed by atoms with van der Waals surface area (Å²) in [6.45, 7) is 0. The number of hydrogen-bond donors (Lipinski definition) is 2. The minimum Gasteiger partial charge on any atom is -0.477 e. The van der Waals surface area contributed by atoms with Crippen molar-refractivity contribution in [1.82, 2.24) is 0 Å². The summed E-state index contributed by atoms with van der Waals surface area (Å²) in [6.07, 6.45) is 0. The number of carboxylic acids is 1. The van der Waals surface area contributed by atoms with Crippen LogP contribution >= 0.6 is 0 Å². The van der Waals surface area contributed by atoms with Crippen molar-refractivity contribution in [2.75, 3.05) is 0 Å². The van der Waals surface area contributed by atoms with Crippen LogP contribution < -0.4 is 5.73 Å². The second-order valence-electron chi connectivity index (χ2n) is 2.90. The van der Waals surface area contributed by atoms with Gasteiger partial charge in [0.15, 0.2) is 5.57 Å². The molecule has 1 aromatic rings. The fourth-order valence-electron chi connectivity index (χ4n) is 1.08. The van der Waals surface area contributed by atoms with Crippen LogP contribution in [0.15, 0.2) is 41.6 Å². The highest BCUT2D eigenvalue weighted by Crippen LogP contribution is 2.08. The molecule has 0 fully saturated rings. The second kappa shape index (κ2) is 4.75. The van der Waals surface area contributed by atoms with E-state index in [0.29, 0.717) is 0 Å². The lowest BCUT2D eigenvalue weighted by atomic mass is 10.1. The van der Waals surface area contributed by atoms with Crippen molar-refractivity contribution in [2.45, 2.75) is 0 Å². The Bertz CT molecular complexity index is 498. The zero-order chi connectivity index (χ0) is 12.1. The number of carbonyl (C=O) groups excluding carboxylic acids is 1. The number of rotatable bonds is 3. The molecule has 0 radical (unpaired) electrons. The third kappa shape index (κ3) is 2.25. The van der Waals surface area contributed by atoms with E-state index in [0.717, 1.165) is 0 Å². The standard InChI is InChI=1S/C11H8N2O3/c12-6-8(11(15)16)9(13)10(14)7-4-2-1-3-5-7/h1-5H,13H2,(H,15,16)/b9-8-. The molecule has 16 heavy (non-hydrogen) atoms. The van der Waals surface area contributed by atoms with Crippen LogP contribution in [0.3, 0.4) is 0 Å². The first kappa shape index (κ1) is 11.5. The van der Waals surface area contributed by atoms with Crippen LogP contribution in [0.2, 0.25) is 0 Å². The summed E-state index contributed by atoms with van der Waals surface area (Å²) in [4.78, 5) is 22.2. The maximum atomic E-state index is 11.7. The summed E-state index contributed by atoms with van der Waals surface area (Å²) < 4.78 is 0. The Morgan fingerprint density at radius 3 is 2.25 bits per heavy atom. The molecular formula is C11H8N2O3. The van der Waals surface area contributed by atoms with E-state index in [4.69, 9.17) is 16.1 Å². The molecular weight excluding hydrogens is 208 g/mol. The van der Waals surface area contributed by atoms with Crippen LogP contribution in [0, 0.1) is 11.3 Å². The van der Waals surface area contributed by atoms with Gasteiger partial charge in [-0.15, -0.1) is 0 Å². The highest BCUT2D eigenvalue weighted by molar-refractivity contribution is 6.13. The lowest BCUT2D eigenvalue weighted by Gasteiger charge is -2.01. The Balaban J connectivity index is 3.18. The average molecular weight is 216 g/mol. The summed E-state index contributed by atoms with van der Waals surface area (Å²) in [6, 6.07) is 9.31. The fraction of sp³-hybridized carbons (Fsp3) is 0. The predicted molar refractivity (Wildman–Crippen MR) is 55.2 cm³/mol. The van der Waals surface area contributed by atoms with E-state index in [1.165, 1.54) is 18.2 Å². The maximum Gasteiger partial charge on any atom is 0.348 e. The van der Waals surface area contributed by atoms with Crippen LogP contribution in [0.5, 0.6) is 0 Å². The number of nitriles is 1.